The van der Waals surface area contributed by atoms with Crippen LogP contribution in [0.2, 0.25) is 5.02 Å². The van der Waals surface area contributed by atoms with Crippen LogP contribution < -0.4 is 15.0 Å². The maximum absolute atomic E-state index is 15.1. The lowest BCUT2D eigenvalue weighted by molar-refractivity contribution is -0.106. The number of hydrogen-bond donors (Lipinski definition) is 1. The molecule has 1 aromatic heterocycles. The highest BCUT2D eigenvalue weighted by molar-refractivity contribution is 6.30. The van der Waals surface area contributed by atoms with Crippen LogP contribution in [0.4, 0.5) is 21.6 Å². The van der Waals surface area contributed by atoms with Crippen molar-refractivity contribution in [1.29, 1.82) is 0 Å². The van der Waals surface area contributed by atoms with E-state index in [-0.39, 0.29) is 28.5 Å². The Hall–Kier alpha value is -4.42. The summed E-state index contributed by atoms with van der Waals surface area (Å²) in [6.45, 7) is 0. The predicted octanol–water partition coefficient (Wildman–Crippen LogP) is 4.31. The smallest absolute Gasteiger partial charge is 0.259 e. The maximum Gasteiger partial charge on any atom is 0.259 e. The Labute approximate surface area is 207 Å². The maximum atomic E-state index is 15.1. The average molecular weight is 494 g/mol. The molecule has 0 saturated carbocycles. The van der Waals surface area contributed by atoms with Crippen molar-refractivity contribution in [3.05, 3.63) is 76.2 Å². The number of hydrogen-bond acceptors (Lipinski definition) is 6. The van der Waals surface area contributed by atoms with E-state index in [4.69, 9.17) is 22.8 Å². The van der Waals surface area contributed by atoms with Crippen molar-refractivity contribution in [3.63, 3.8) is 0 Å². The number of hydrazone groups is 1. The van der Waals surface area contributed by atoms with Gasteiger partial charge in [0.1, 0.15) is 23.1 Å². The molecular weight excluding hydrogens is 473 g/mol. The third-order valence-electron chi connectivity index (χ3n) is 4.69. The number of anilines is 3. The molecule has 3 rings (SSSR count). The highest BCUT2D eigenvalue weighted by Crippen LogP contribution is 2.38. The fraction of sp³-hybridized carbons (Fsp3) is 0.120. The van der Waals surface area contributed by atoms with E-state index >= 15 is 4.39 Å². The molecule has 35 heavy (non-hydrogen) atoms. The number of carbonyl (C=O) groups excluding carboxylic acids is 2. The number of benzene rings is 2. The molecule has 0 atom stereocenters. The zero-order valence-electron chi connectivity index (χ0n) is 19.1. The fourth-order valence-corrected chi connectivity index (χ4v) is 3.22. The number of pyridine rings is 1. The van der Waals surface area contributed by atoms with Gasteiger partial charge in [-0.15, -0.1) is 6.42 Å². The summed E-state index contributed by atoms with van der Waals surface area (Å²) >= 11 is 5.85. The summed E-state index contributed by atoms with van der Waals surface area (Å²) in [7, 11) is 4.81. The first-order chi connectivity index (χ1) is 16.8. The third kappa shape index (κ3) is 5.93. The molecule has 0 aliphatic rings. The lowest BCUT2D eigenvalue weighted by Crippen LogP contribution is -2.23. The number of carbonyl (C=O) groups is 2. The number of terminal acetylenes is 1. The third-order valence-corrected chi connectivity index (χ3v) is 4.91. The van der Waals surface area contributed by atoms with Crippen molar-refractivity contribution in [2.45, 2.75) is 0 Å². The zero-order chi connectivity index (χ0) is 25.5. The van der Waals surface area contributed by atoms with Gasteiger partial charge in [-0.1, -0.05) is 23.6 Å². The Kier molecular flexibility index (Phi) is 8.02. The number of halogens is 2. The van der Waals surface area contributed by atoms with Crippen LogP contribution in [0.3, 0.4) is 0 Å². The van der Waals surface area contributed by atoms with E-state index in [0.29, 0.717) is 22.6 Å². The Morgan fingerprint density at radius 2 is 2.03 bits per heavy atom. The fourth-order valence-electron chi connectivity index (χ4n) is 3.11. The molecule has 1 heterocycles. The summed E-state index contributed by atoms with van der Waals surface area (Å²) in [4.78, 5) is 30.5. The second-order valence-corrected chi connectivity index (χ2v) is 7.75. The van der Waals surface area contributed by atoms with Gasteiger partial charge in [0, 0.05) is 25.9 Å². The van der Waals surface area contributed by atoms with E-state index in [1.165, 1.54) is 49.9 Å². The molecule has 0 unspecified atom stereocenters. The standard InChI is InChI=1S/C25H21ClFN5O3/c1-5-16-10-19(25(34)30-23-9-7-18(26)14-28-23)24(22(12-16)35-4)32(15-33)21-8-6-17(11-20(21)27)13-29-31(2)3/h1,6-15H,2-4H3,(H,28,30,34). The number of amides is 2. The number of aromatic nitrogens is 1. The quantitative estimate of drug-likeness (QED) is 0.219. The molecule has 0 bridgehead atoms. The van der Waals surface area contributed by atoms with Gasteiger partial charge in [0.05, 0.1) is 29.6 Å². The molecule has 10 heteroatoms. The van der Waals surface area contributed by atoms with Crippen molar-refractivity contribution in [2.24, 2.45) is 5.10 Å². The normalized spacial score (nSPS) is 10.5. The van der Waals surface area contributed by atoms with E-state index in [1.54, 1.807) is 31.2 Å². The average Bonchev–Trinajstić information content (AvgIpc) is 2.85. The van der Waals surface area contributed by atoms with Crippen molar-refractivity contribution < 1.29 is 18.7 Å². The van der Waals surface area contributed by atoms with Crippen LogP contribution in [0.5, 0.6) is 5.75 Å². The number of nitrogens with one attached hydrogen (secondary N) is 1. The summed E-state index contributed by atoms with van der Waals surface area (Å²) in [6, 6.07) is 10.1. The number of rotatable bonds is 8. The Balaban J connectivity index is 2.12. The van der Waals surface area contributed by atoms with E-state index in [1.807, 2.05) is 0 Å². The highest BCUT2D eigenvalue weighted by atomic mass is 35.5. The topological polar surface area (TPSA) is 87.1 Å². The van der Waals surface area contributed by atoms with Crippen LogP contribution in [-0.2, 0) is 4.79 Å². The minimum atomic E-state index is -0.714. The van der Waals surface area contributed by atoms with Gasteiger partial charge in [-0.2, -0.15) is 5.10 Å². The summed E-state index contributed by atoms with van der Waals surface area (Å²) in [5.74, 6) is 1.39. The van der Waals surface area contributed by atoms with Crippen LogP contribution >= 0.6 is 11.6 Å². The second kappa shape index (κ2) is 11.1. The Morgan fingerprint density at radius 1 is 1.26 bits per heavy atom. The molecule has 1 N–H and O–H groups in total. The largest absolute Gasteiger partial charge is 0.494 e. The first kappa shape index (κ1) is 25.2. The molecule has 0 radical (unpaired) electrons. The van der Waals surface area contributed by atoms with Crippen molar-refractivity contribution in [3.8, 4) is 18.1 Å². The van der Waals surface area contributed by atoms with E-state index in [0.717, 1.165) is 4.90 Å². The number of methoxy groups -OCH3 is 1. The van der Waals surface area contributed by atoms with E-state index < -0.39 is 11.7 Å². The Bertz CT molecular complexity index is 1320. The van der Waals surface area contributed by atoms with Crippen LogP contribution in [0, 0.1) is 18.2 Å². The van der Waals surface area contributed by atoms with Gasteiger partial charge in [0.15, 0.2) is 0 Å². The number of nitrogens with zero attached hydrogens (tertiary/aromatic N) is 4. The molecule has 178 valence electrons. The monoisotopic (exact) mass is 493 g/mol. The first-order valence-electron chi connectivity index (χ1n) is 10.1. The van der Waals surface area contributed by atoms with E-state index in [2.05, 4.69) is 21.3 Å². The Morgan fingerprint density at radius 3 is 2.60 bits per heavy atom. The van der Waals surface area contributed by atoms with Crippen molar-refractivity contribution in [1.82, 2.24) is 9.99 Å². The molecule has 0 spiro atoms. The van der Waals surface area contributed by atoms with Crippen LogP contribution in [0.1, 0.15) is 21.5 Å². The molecule has 0 aliphatic carbocycles. The molecule has 0 fully saturated rings. The molecule has 8 nitrogen and oxygen atoms in total. The second-order valence-electron chi connectivity index (χ2n) is 7.31. The van der Waals surface area contributed by atoms with Crippen LogP contribution in [0.15, 0.2) is 53.8 Å². The molecule has 3 aromatic rings. The van der Waals surface area contributed by atoms with Gasteiger partial charge in [-0.05, 0) is 42.0 Å². The SMILES string of the molecule is C#Cc1cc(OC)c(N(C=O)c2ccc(C=NN(C)C)cc2F)c(C(=O)Nc2ccc(Cl)cn2)c1. The van der Waals surface area contributed by atoms with Crippen molar-refractivity contribution >= 4 is 47.3 Å². The number of ether oxygens (including phenoxy) is 1. The van der Waals surface area contributed by atoms with Gasteiger partial charge in [0.25, 0.3) is 5.91 Å². The van der Waals surface area contributed by atoms with Crippen LogP contribution in [-0.4, -0.2) is 49.7 Å². The molecular formula is C25H21ClFN5O3. The molecule has 0 aliphatic heterocycles. The summed E-state index contributed by atoms with van der Waals surface area (Å²) in [6.07, 6.45) is 8.77. The van der Waals surface area contributed by atoms with Crippen LogP contribution in [0.25, 0.3) is 0 Å². The van der Waals surface area contributed by atoms with E-state index in [9.17, 15) is 9.59 Å². The van der Waals surface area contributed by atoms with Gasteiger partial charge in [-0.3, -0.25) is 14.5 Å². The highest BCUT2D eigenvalue weighted by Gasteiger charge is 2.25. The first-order valence-corrected chi connectivity index (χ1v) is 10.5. The predicted molar refractivity (Wildman–Crippen MR) is 134 cm³/mol. The lowest BCUT2D eigenvalue weighted by atomic mass is 10.0. The lowest BCUT2D eigenvalue weighted by Gasteiger charge is -2.24. The van der Waals surface area contributed by atoms with Crippen molar-refractivity contribution in [2.75, 3.05) is 31.4 Å². The molecule has 2 amide bonds. The summed E-state index contributed by atoms with van der Waals surface area (Å²) in [5.41, 5.74) is 0.668. The van der Waals surface area contributed by atoms with Gasteiger partial charge in [0.2, 0.25) is 6.41 Å². The molecule has 2 aromatic carbocycles. The zero-order valence-corrected chi connectivity index (χ0v) is 19.9. The summed E-state index contributed by atoms with van der Waals surface area (Å²) in [5, 5.41) is 8.64. The minimum Gasteiger partial charge on any atom is -0.494 e. The molecule has 0 saturated heterocycles. The van der Waals surface area contributed by atoms with Gasteiger partial charge < -0.3 is 15.1 Å². The van der Waals surface area contributed by atoms with Gasteiger partial charge in [-0.25, -0.2) is 9.37 Å². The minimum absolute atomic E-state index is 0.00146. The van der Waals surface area contributed by atoms with Gasteiger partial charge >= 0.3 is 0 Å². The summed E-state index contributed by atoms with van der Waals surface area (Å²) < 4.78 is 20.5.